The molecule has 2 saturated carbocycles. The van der Waals surface area contributed by atoms with Gasteiger partial charge in [-0.3, -0.25) is 0 Å². The Morgan fingerprint density at radius 1 is 0.742 bits per heavy atom. The fourth-order valence-corrected chi connectivity index (χ4v) is 6.17. The summed E-state index contributed by atoms with van der Waals surface area (Å²) in [5, 5.41) is 0. The molecule has 0 aromatic heterocycles. The molecule has 1 aromatic carbocycles. The summed E-state index contributed by atoms with van der Waals surface area (Å²) in [6, 6.07) is 9.67. The zero-order valence-corrected chi connectivity index (χ0v) is 20.2. The van der Waals surface area contributed by atoms with Gasteiger partial charge in [-0.1, -0.05) is 95.1 Å². The van der Waals surface area contributed by atoms with Crippen molar-refractivity contribution in [3.8, 4) is 0 Å². The first-order chi connectivity index (χ1) is 15.3. The van der Waals surface area contributed by atoms with Gasteiger partial charge in [0.15, 0.2) is 0 Å². The third kappa shape index (κ3) is 8.74. The van der Waals surface area contributed by atoms with E-state index >= 15 is 0 Å². The number of aryl methyl sites for hydroxylation is 1. The molecule has 31 heavy (non-hydrogen) atoms. The highest BCUT2D eigenvalue weighted by atomic mass is 19.1. The highest BCUT2D eigenvalue weighted by Crippen LogP contribution is 2.40. The standard InChI is InChI=1S/C30H47F/c1-2-3-4-5-8-26-16-20-29(21-17-26)30-22-18-28(19-23-30)15-14-27-12-10-25(11-13-27)9-6-7-24-31/h7,16-17,20-21,24-25,27-28,30H,2-6,8-15,18-19,22-23H2,1H3/t25-,27-,28-,30-. The van der Waals surface area contributed by atoms with Crippen LogP contribution in [-0.2, 0) is 6.42 Å². The number of hydrogen-bond acceptors (Lipinski definition) is 0. The second-order valence-corrected chi connectivity index (χ2v) is 10.7. The fraction of sp³-hybridized carbons (Fsp3) is 0.733. The molecule has 174 valence electrons. The quantitative estimate of drug-likeness (QED) is 0.292. The summed E-state index contributed by atoms with van der Waals surface area (Å²) in [7, 11) is 0. The molecule has 1 aromatic rings. The number of halogens is 1. The third-order valence-corrected chi connectivity index (χ3v) is 8.40. The van der Waals surface area contributed by atoms with Gasteiger partial charge in [-0.25, -0.2) is 4.39 Å². The third-order valence-electron chi connectivity index (χ3n) is 8.40. The minimum absolute atomic E-state index is 0.713. The molecule has 1 heteroatoms. The van der Waals surface area contributed by atoms with Crippen LogP contribution in [0.1, 0.15) is 127 Å². The number of benzene rings is 1. The zero-order chi connectivity index (χ0) is 21.7. The van der Waals surface area contributed by atoms with Crippen molar-refractivity contribution >= 4 is 0 Å². The minimum Gasteiger partial charge on any atom is -0.216 e. The van der Waals surface area contributed by atoms with Crippen LogP contribution in [0.25, 0.3) is 0 Å². The van der Waals surface area contributed by atoms with Crippen LogP contribution >= 0.6 is 0 Å². The van der Waals surface area contributed by atoms with Gasteiger partial charge in [0.1, 0.15) is 0 Å². The van der Waals surface area contributed by atoms with Crippen molar-refractivity contribution < 1.29 is 4.39 Å². The van der Waals surface area contributed by atoms with Gasteiger partial charge in [0, 0.05) is 0 Å². The molecule has 3 rings (SSSR count). The maximum absolute atomic E-state index is 12.1. The van der Waals surface area contributed by atoms with E-state index in [1.54, 1.807) is 11.6 Å². The number of rotatable bonds is 12. The van der Waals surface area contributed by atoms with Gasteiger partial charge in [0.05, 0.1) is 6.33 Å². The predicted octanol–water partition coefficient (Wildman–Crippen LogP) is 9.93. The van der Waals surface area contributed by atoms with Crippen LogP contribution in [0.2, 0.25) is 0 Å². The Bertz CT molecular complexity index is 600. The van der Waals surface area contributed by atoms with Crippen LogP contribution in [0, 0.1) is 17.8 Å². The van der Waals surface area contributed by atoms with Gasteiger partial charge in [0.25, 0.3) is 0 Å². The van der Waals surface area contributed by atoms with Crippen molar-refractivity contribution in [1.82, 2.24) is 0 Å². The molecule has 0 bridgehead atoms. The van der Waals surface area contributed by atoms with Crippen LogP contribution in [0.15, 0.2) is 36.7 Å². The molecule has 0 aliphatic heterocycles. The smallest absolute Gasteiger partial charge is 0.0827 e. The van der Waals surface area contributed by atoms with E-state index in [-0.39, 0.29) is 0 Å². The van der Waals surface area contributed by atoms with Gasteiger partial charge < -0.3 is 0 Å². The second-order valence-electron chi connectivity index (χ2n) is 10.7. The Kier molecular flexibility index (Phi) is 11.2. The van der Waals surface area contributed by atoms with E-state index in [2.05, 4.69) is 31.2 Å². The second kappa shape index (κ2) is 14.1. The van der Waals surface area contributed by atoms with E-state index in [1.165, 1.54) is 108 Å². The van der Waals surface area contributed by atoms with Crippen LogP contribution in [0.5, 0.6) is 0 Å². The molecule has 2 aliphatic carbocycles. The molecule has 0 heterocycles. The van der Waals surface area contributed by atoms with Gasteiger partial charge in [0.2, 0.25) is 0 Å². The fourth-order valence-electron chi connectivity index (χ4n) is 6.17. The highest BCUT2D eigenvalue weighted by Gasteiger charge is 2.25. The summed E-state index contributed by atoms with van der Waals surface area (Å²) >= 11 is 0. The lowest BCUT2D eigenvalue weighted by Crippen LogP contribution is -2.17. The monoisotopic (exact) mass is 426 g/mol. The molecule has 0 atom stereocenters. The molecule has 0 amide bonds. The van der Waals surface area contributed by atoms with Crippen LogP contribution in [0.3, 0.4) is 0 Å². The van der Waals surface area contributed by atoms with E-state index in [1.807, 2.05) is 0 Å². The SMILES string of the molecule is CCCCCCc1ccc([C@H]2CC[C@H](CC[C@H]3CC[C@H](CCC=CF)CC3)CC2)cc1. The van der Waals surface area contributed by atoms with Crippen molar-refractivity contribution in [2.24, 2.45) is 17.8 Å². The van der Waals surface area contributed by atoms with Gasteiger partial charge in [-0.15, -0.1) is 0 Å². The lowest BCUT2D eigenvalue weighted by Gasteiger charge is -2.32. The Labute approximate surface area is 192 Å². The van der Waals surface area contributed by atoms with Crippen molar-refractivity contribution in [2.45, 2.75) is 122 Å². The molecule has 0 unspecified atom stereocenters. The molecule has 2 fully saturated rings. The van der Waals surface area contributed by atoms with Gasteiger partial charge in [-0.05, 0) is 86.2 Å². The Morgan fingerprint density at radius 2 is 1.32 bits per heavy atom. The van der Waals surface area contributed by atoms with Crippen molar-refractivity contribution in [2.75, 3.05) is 0 Å². The highest BCUT2D eigenvalue weighted by molar-refractivity contribution is 5.26. The van der Waals surface area contributed by atoms with Crippen molar-refractivity contribution in [3.05, 3.63) is 47.8 Å². The van der Waals surface area contributed by atoms with Crippen molar-refractivity contribution in [3.63, 3.8) is 0 Å². The summed E-state index contributed by atoms with van der Waals surface area (Å²) in [5.74, 6) is 3.60. The van der Waals surface area contributed by atoms with E-state index in [0.717, 1.165) is 30.1 Å². The van der Waals surface area contributed by atoms with Crippen molar-refractivity contribution in [1.29, 1.82) is 0 Å². The normalized spacial score (nSPS) is 27.0. The van der Waals surface area contributed by atoms with E-state index < -0.39 is 0 Å². The summed E-state index contributed by atoms with van der Waals surface area (Å²) in [4.78, 5) is 0. The van der Waals surface area contributed by atoms with Crippen LogP contribution < -0.4 is 0 Å². The molecule has 0 N–H and O–H groups in total. The van der Waals surface area contributed by atoms with Gasteiger partial charge >= 0.3 is 0 Å². The average Bonchev–Trinajstić information content (AvgIpc) is 2.82. The van der Waals surface area contributed by atoms with E-state index in [9.17, 15) is 4.39 Å². The lowest BCUT2D eigenvalue weighted by molar-refractivity contribution is 0.225. The number of hydrogen-bond donors (Lipinski definition) is 0. The summed E-state index contributed by atoms with van der Waals surface area (Å²) in [6.07, 6.45) is 25.4. The van der Waals surface area contributed by atoms with E-state index in [4.69, 9.17) is 0 Å². The molecule has 2 aliphatic rings. The van der Waals surface area contributed by atoms with Gasteiger partial charge in [-0.2, -0.15) is 0 Å². The number of allylic oxidation sites excluding steroid dienone is 1. The Hall–Kier alpha value is -1.11. The Morgan fingerprint density at radius 3 is 1.90 bits per heavy atom. The molecule has 0 radical (unpaired) electrons. The molecular formula is C30H47F. The minimum atomic E-state index is 0.713. The number of unbranched alkanes of at least 4 members (excludes halogenated alkanes) is 3. The van der Waals surface area contributed by atoms with Crippen LogP contribution in [0.4, 0.5) is 4.39 Å². The molecule has 0 nitrogen and oxygen atoms in total. The molecular weight excluding hydrogens is 379 g/mol. The first-order valence-corrected chi connectivity index (χ1v) is 13.6. The molecule has 0 saturated heterocycles. The average molecular weight is 427 g/mol. The first-order valence-electron chi connectivity index (χ1n) is 13.6. The van der Waals surface area contributed by atoms with E-state index in [0.29, 0.717) is 6.33 Å². The molecule has 0 spiro atoms. The Balaban J connectivity index is 1.29. The summed E-state index contributed by atoms with van der Waals surface area (Å²) < 4.78 is 12.1. The van der Waals surface area contributed by atoms with Crippen LogP contribution in [-0.4, -0.2) is 0 Å². The maximum atomic E-state index is 12.1. The largest absolute Gasteiger partial charge is 0.216 e. The summed E-state index contributed by atoms with van der Waals surface area (Å²) in [5.41, 5.74) is 3.12. The first kappa shape index (κ1) is 24.5. The lowest BCUT2D eigenvalue weighted by atomic mass is 9.74. The predicted molar refractivity (Wildman–Crippen MR) is 133 cm³/mol. The maximum Gasteiger partial charge on any atom is 0.0827 e. The zero-order valence-electron chi connectivity index (χ0n) is 20.2. The topological polar surface area (TPSA) is 0 Å². The summed E-state index contributed by atoms with van der Waals surface area (Å²) in [6.45, 7) is 2.28.